The number of nitrogens with one attached hydrogen (secondary N) is 2. The molecule has 24 heavy (non-hydrogen) atoms. The predicted molar refractivity (Wildman–Crippen MR) is 95.3 cm³/mol. The van der Waals surface area contributed by atoms with Crippen molar-refractivity contribution >= 4 is 17.5 Å². The highest BCUT2D eigenvalue weighted by molar-refractivity contribution is 6.06. The molecule has 0 bridgehead atoms. The van der Waals surface area contributed by atoms with Gasteiger partial charge in [0.1, 0.15) is 0 Å². The maximum atomic E-state index is 12.5. The van der Waals surface area contributed by atoms with Gasteiger partial charge < -0.3 is 10.6 Å². The van der Waals surface area contributed by atoms with E-state index in [1.807, 2.05) is 38.1 Å². The topological polar surface area (TPSA) is 71.1 Å². The van der Waals surface area contributed by atoms with Gasteiger partial charge >= 0.3 is 0 Å². The quantitative estimate of drug-likeness (QED) is 0.882. The van der Waals surface area contributed by atoms with Crippen molar-refractivity contribution in [1.29, 1.82) is 0 Å². The number of rotatable bonds is 5. The van der Waals surface area contributed by atoms with Gasteiger partial charge in [0.05, 0.1) is 11.1 Å². The van der Waals surface area contributed by atoms with Crippen LogP contribution < -0.4 is 10.6 Å². The first-order chi connectivity index (χ1) is 11.4. The number of carbonyl (C=O) groups is 2. The van der Waals surface area contributed by atoms with Gasteiger partial charge in [-0.1, -0.05) is 32.0 Å². The van der Waals surface area contributed by atoms with Gasteiger partial charge in [0.15, 0.2) is 0 Å². The second kappa shape index (κ2) is 7.73. The Morgan fingerprint density at radius 3 is 2.21 bits per heavy atom. The molecule has 0 saturated carbocycles. The van der Waals surface area contributed by atoms with Crippen molar-refractivity contribution in [2.75, 3.05) is 5.32 Å². The Hall–Kier alpha value is -2.69. The normalized spacial score (nSPS) is 10.8. The van der Waals surface area contributed by atoms with Crippen molar-refractivity contribution in [3.05, 3.63) is 59.4 Å². The van der Waals surface area contributed by atoms with Crippen LogP contribution in [0.5, 0.6) is 0 Å². The Kier molecular flexibility index (Phi) is 5.68. The number of para-hydroxylation sites is 1. The van der Waals surface area contributed by atoms with Crippen LogP contribution in [0.4, 0.5) is 5.69 Å². The summed E-state index contributed by atoms with van der Waals surface area (Å²) in [5.74, 6) is -0.229. The Morgan fingerprint density at radius 2 is 1.58 bits per heavy atom. The molecular weight excluding hydrogens is 302 g/mol. The van der Waals surface area contributed by atoms with Crippen molar-refractivity contribution < 1.29 is 9.59 Å². The molecule has 5 nitrogen and oxygen atoms in total. The zero-order valence-electron chi connectivity index (χ0n) is 14.5. The lowest BCUT2D eigenvalue weighted by Crippen LogP contribution is -2.30. The number of benzene rings is 1. The zero-order valence-corrected chi connectivity index (χ0v) is 14.5. The van der Waals surface area contributed by atoms with Crippen LogP contribution in [0.3, 0.4) is 0 Å². The molecule has 0 aliphatic carbocycles. The largest absolute Gasteiger partial charge is 0.350 e. The molecule has 0 fully saturated rings. The van der Waals surface area contributed by atoms with E-state index in [1.165, 1.54) is 12.4 Å². The molecule has 2 amide bonds. The van der Waals surface area contributed by atoms with Crippen molar-refractivity contribution in [2.24, 2.45) is 0 Å². The number of aromatic nitrogens is 1. The van der Waals surface area contributed by atoms with E-state index < -0.39 is 0 Å². The fourth-order valence-electron chi connectivity index (χ4n) is 2.34. The second-order valence-corrected chi connectivity index (χ2v) is 6.29. The van der Waals surface area contributed by atoms with Crippen molar-refractivity contribution in [1.82, 2.24) is 10.3 Å². The Morgan fingerprint density at radius 1 is 0.958 bits per heavy atom. The van der Waals surface area contributed by atoms with E-state index in [2.05, 4.69) is 29.5 Å². The standard InChI is InChI=1S/C19H23N3O2/c1-12(2)16-7-5-6-8-17(16)22-19(24)15-9-14(10-20-11-15)18(23)21-13(3)4/h5-13H,1-4H3,(H,21,23)(H,22,24). The third kappa shape index (κ3) is 4.41. The minimum Gasteiger partial charge on any atom is -0.350 e. The summed E-state index contributed by atoms with van der Waals surface area (Å²) in [5.41, 5.74) is 2.56. The number of anilines is 1. The lowest BCUT2D eigenvalue weighted by molar-refractivity contribution is 0.0942. The summed E-state index contributed by atoms with van der Waals surface area (Å²) in [4.78, 5) is 28.6. The van der Waals surface area contributed by atoms with E-state index >= 15 is 0 Å². The lowest BCUT2D eigenvalue weighted by atomic mass is 10.0. The Balaban J connectivity index is 2.21. The number of hydrogen-bond donors (Lipinski definition) is 2. The van der Waals surface area contributed by atoms with Crippen LogP contribution >= 0.6 is 0 Å². The van der Waals surface area contributed by atoms with Gasteiger partial charge in [-0.05, 0) is 37.5 Å². The minimum atomic E-state index is -0.283. The summed E-state index contributed by atoms with van der Waals surface area (Å²) in [6, 6.07) is 9.27. The Labute approximate surface area is 142 Å². The van der Waals surface area contributed by atoms with E-state index in [0.717, 1.165) is 11.3 Å². The molecule has 2 N–H and O–H groups in total. The van der Waals surface area contributed by atoms with E-state index in [1.54, 1.807) is 6.07 Å². The SMILES string of the molecule is CC(C)NC(=O)c1cncc(C(=O)Nc2ccccc2C(C)C)c1. The molecule has 5 heteroatoms. The molecule has 0 saturated heterocycles. The predicted octanol–water partition coefficient (Wildman–Crippen LogP) is 3.60. The highest BCUT2D eigenvalue weighted by Crippen LogP contribution is 2.24. The van der Waals surface area contributed by atoms with Gasteiger partial charge in [-0.25, -0.2) is 0 Å². The summed E-state index contributed by atoms with van der Waals surface area (Å²) in [6.45, 7) is 7.91. The van der Waals surface area contributed by atoms with Gasteiger partial charge in [-0.2, -0.15) is 0 Å². The molecular formula is C19H23N3O2. The fraction of sp³-hybridized carbons (Fsp3) is 0.316. The van der Waals surface area contributed by atoms with Crippen LogP contribution in [-0.2, 0) is 0 Å². The first-order valence-corrected chi connectivity index (χ1v) is 8.04. The summed E-state index contributed by atoms with van der Waals surface area (Å²) in [7, 11) is 0. The van der Waals surface area contributed by atoms with Crippen LogP contribution in [0.1, 0.15) is 59.9 Å². The molecule has 126 valence electrons. The first kappa shape index (κ1) is 17.7. The second-order valence-electron chi connectivity index (χ2n) is 6.29. The molecule has 0 aliphatic heterocycles. The van der Waals surface area contributed by atoms with Gasteiger partial charge in [-0.3, -0.25) is 14.6 Å². The first-order valence-electron chi connectivity index (χ1n) is 8.04. The molecule has 2 aromatic rings. The van der Waals surface area contributed by atoms with Crippen LogP contribution in [0.25, 0.3) is 0 Å². The van der Waals surface area contributed by atoms with Crippen molar-refractivity contribution in [2.45, 2.75) is 39.7 Å². The molecule has 0 spiro atoms. The third-order valence-corrected chi connectivity index (χ3v) is 3.51. The van der Waals surface area contributed by atoms with Gasteiger partial charge in [0, 0.05) is 24.1 Å². The third-order valence-electron chi connectivity index (χ3n) is 3.51. The number of amides is 2. The van der Waals surface area contributed by atoms with E-state index in [4.69, 9.17) is 0 Å². The maximum Gasteiger partial charge on any atom is 0.257 e. The Bertz CT molecular complexity index is 739. The molecule has 0 aliphatic rings. The maximum absolute atomic E-state index is 12.5. The van der Waals surface area contributed by atoms with Crippen LogP contribution in [-0.4, -0.2) is 22.8 Å². The molecule has 0 atom stereocenters. The number of pyridine rings is 1. The number of nitrogens with zero attached hydrogens (tertiary/aromatic N) is 1. The molecule has 0 unspecified atom stereocenters. The van der Waals surface area contributed by atoms with Crippen LogP contribution in [0.15, 0.2) is 42.7 Å². The average Bonchev–Trinajstić information content (AvgIpc) is 2.54. The number of hydrogen-bond acceptors (Lipinski definition) is 3. The summed E-state index contributed by atoms with van der Waals surface area (Å²) in [6.07, 6.45) is 2.91. The smallest absolute Gasteiger partial charge is 0.257 e. The molecule has 0 radical (unpaired) electrons. The average molecular weight is 325 g/mol. The van der Waals surface area contributed by atoms with E-state index in [9.17, 15) is 9.59 Å². The van der Waals surface area contributed by atoms with Gasteiger partial charge in [0.25, 0.3) is 11.8 Å². The molecule has 1 aromatic heterocycles. The summed E-state index contributed by atoms with van der Waals surface area (Å²) >= 11 is 0. The zero-order chi connectivity index (χ0) is 17.7. The monoisotopic (exact) mass is 325 g/mol. The fourth-order valence-corrected chi connectivity index (χ4v) is 2.34. The van der Waals surface area contributed by atoms with Crippen LogP contribution in [0.2, 0.25) is 0 Å². The van der Waals surface area contributed by atoms with Gasteiger partial charge in [0.2, 0.25) is 0 Å². The molecule has 1 heterocycles. The minimum absolute atomic E-state index is 0.0212. The van der Waals surface area contributed by atoms with E-state index in [0.29, 0.717) is 17.0 Å². The lowest BCUT2D eigenvalue weighted by Gasteiger charge is -2.14. The highest BCUT2D eigenvalue weighted by Gasteiger charge is 2.14. The van der Waals surface area contributed by atoms with E-state index in [-0.39, 0.29) is 17.9 Å². The highest BCUT2D eigenvalue weighted by atomic mass is 16.2. The number of carbonyl (C=O) groups excluding carboxylic acids is 2. The molecule has 1 aromatic carbocycles. The molecule has 2 rings (SSSR count). The van der Waals surface area contributed by atoms with Gasteiger partial charge in [-0.15, -0.1) is 0 Å². The summed E-state index contributed by atoms with van der Waals surface area (Å²) < 4.78 is 0. The van der Waals surface area contributed by atoms with Crippen LogP contribution in [0, 0.1) is 0 Å². The summed E-state index contributed by atoms with van der Waals surface area (Å²) in [5, 5.41) is 5.69. The van der Waals surface area contributed by atoms with Crippen molar-refractivity contribution in [3.8, 4) is 0 Å². The van der Waals surface area contributed by atoms with Crippen molar-refractivity contribution in [3.63, 3.8) is 0 Å².